The first-order valence-corrected chi connectivity index (χ1v) is 7.28. The zero-order chi connectivity index (χ0) is 17.7. The van der Waals surface area contributed by atoms with Gasteiger partial charge in [-0.1, -0.05) is 6.92 Å². The standard InChI is InChI=1S/C16H18F2N6/c1-2-10(12-5-6-13(23-12)16(19)20)15(24-21)8-22-14-7-9(17)3-4-11(14)18/h3-8,10,21-23H,2H2,1H3,(H3,19,20)/b15-8-,24-21?. The highest BCUT2D eigenvalue weighted by Crippen LogP contribution is 2.28. The number of nitrogens with one attached hydrogen (secondary N) is 4. The van der Waals surface area contributed by atoms with Gasteiger partial charge in [-0.25, -0.2) is 14.3 Å². The van der Waals surface area contributed by atoms with E-state index in [1.807, 2.05) is 6.92 Å². The number of amidine groups is 1. The Hall–Kier alpha value is -3.03. The van der Waals surface area contributed by atoms with Crippen molar-refractivity contribution in [2.45, 2.75) is 19.3 Å². The van der Waals surface area contributed by atoms with Gasteiger partial charge in [-0.3, -0.25) is 5.41 Å². The van der Waals surface area contributed by atoms with Crippen molar-refractivity contribution in [3.63, 3.8) is 0 Å². The summed E-state index contributed by atoms with van der Waals surface area (Å²) in [5, 5.41) is 13.5. The lowest BCUT2D eigenvalue weighted by Gasteiger charge is -2.14. The molecule has 1 aromatic heterocycles. The predicted molar refractivity (Wildman–Crippen MR) is 88.1 cm³/mol. The zero-order valence-electron chi connectivity index (χ0n) is 13.0. The highest BCUT2D eigenvalue weighted by atomic mass is 19.1. The molecule has 2 aromatic rings. The lowest BCUT2D eigenvalue weighted by molar-refractivity contribution is 0.603. The fourth-order valence-electron chi connectivity index (χ4n) is 2.33. The summed E-state index contributed by atoms with van der Waals surface area (Å²) in [6.07, 6.45) is 1.98. The molecule has 126 valence electrons. The van der Waals surface area contributed by atoms with Gasteiger partial charge in [0.2, 0.25) is 0 Å². The summed E-state index contributed by atoms with van der Waals surface area (Å²) in [5.74, 6) is -1.55. The van der Waals surface area contributed by atoms with Crippen LogP contribution in [-0.2, 0) is 0 Å². The van der Waals surface area contributed by atoms with Gasteiger partial charge >= 0.3 is 0 Å². The van der Waals surface area contributed by atoms with Gasteiger partial charge in [0.25, 0.3) is 0 Å². The maximum atomic E-state index is 13.6. The summed E-state index contributed by atoms with van der Waals surface area (Å²) in [6, 6.07) is 6.49. The SMILES string of the molecule is CCC(/C(=C/Nc1cc(F)ccc1F)N=N)c1ccc(C(=N)N)[nH]1. The molecule has 1 heterocycles. The van der Waals surface area contributed by atoms with Crippen molar-refractivity contribution in [3.8, 4) is 0 Å². The van der Waals surface area contributed by atoms with Crippen molar-refractivity contribution >= 4 is 11.5 Å². The molecule has 0 amide bonds. The Kier molecular flexibility index (Phi) is 5.41. The number of aromatic amines is 1. The highest BCUT2D eigenvalue weighted by molar-refractivity contribution is 5.93. The number of allylic oxidation sites excluding steroid dienone is 1. The molecule has 6 nitrogen and oxygen atoms in total. The Balaban J connectivity index is 2.27. The van der Waals surface area contributed by atoms with Crippen LogP contribution in [0.25, 0.3) is 0 Å². The van der Waals surface area contributed by atoms with Gasteiger partial charge in [0.15, 0.2) is 0 Å². The van der Waals surface area contributed by atoms with Crippen LogP contribution in [0.2, 0.25) is 0 Å². The van der Waals surface area contributed by atoms with Crippen molar-refractivity contribution in [2.75, 3.05) is 5.32 Å². The summed E-state index contributed by atoms with van der Waals surface area (Å²) in [5.41, 5.74) is 14.3. The number of anilines is 1. The number of nitrogens with two attached hydrogens (primary N) is 1. The molecule has 0 saturated carbocycles. The Morgan fingerprint density at radius 2 is 2.12 bits per heavy atom. The van der Waals surface area contributed by atoms with Crippen LogP contribution in [-0.4, -0.2) is 10.8 Å². The van der Waals surface area contributed by atoms with Gasteiger partial charge in [0.1, 0.15) is 17.5 Å². The third kappa shape index (κ3) is 3.83. The molecule has 0 spiro atoms. The van der Waals surface area contributed by atoms with E-state index in [-0.39, 0.29) is 17.4 Å². The third-order valence-corrected chi connectivity index (χ3v) is 3.57. The van der Waals surface area contributed by atoms with Crippen molar-refractivity contribution in [1.29, 1.82) is 10.9 Å². The molecule has 1 unspecified atom stereocenters. The van der Waals surface area contributed by atoms with E-state index in [2.05, 4.69) is 15.4 Å². The lowest BCUT2D eigenvalue weighted by atomic mass is 9.99. The van der Waals surface area contributed by atoms with Crippen LogP contribution >= 0.6 is 0 Å². The topological polar surface area (TPSA) is 114 Å². The molecule has 0 aliphatic carbocycles. The molecular weight excluding hydrogens is 314 g/mol. The lowest BCUT2D eigenvalue weighted by Crippen LogP contribution is -2.12. The summed E-state index contributed by atoms with van der Waals surface area (Å²) in [4.78, 5) is 3.00. The maximum absolute atomic E-state index is 13.6. The largest absolute Gasteiger partial charge is 0.382 e. The predicted octanol–water partition coefficient (Wildman–Crippen LogP) is 4.06. The van der Waals surface area contributed by atoms with Gasteiger partial charge in [0, 0.05) is 23.9 Å². The van der Waals surface area contributed by atoms with Crippen LogP contribution in [0.1, 0.15) is 30.7 Å². The van der Waals surface area contributed by atoms with E-state index < -0.39 is 11.6 Å². The minimum Gasteiger partial charge on any atom is -0.382 e. The zero-order valence-corrected chi connectivity index (χ0v) is 13.0. The average molecular weight is 332 g/mol. The summed E-state index contributed by atoms with van der Waals surface area (Å²) >= 11 is 0. The molecule has 6 N–H and O–H groups in total. The van der Waals surface area contributed by atoms with Crippen LogP contribution in [0, 0.1) is 22.6 Å². The summed E-state index contributed by atoms with van der Waals surface area (Å²) in [7, 11) is 0. The normalized spacial score (nSPS) is 12.7. The number of hydrogen-bond acceptors (Lipinski definition) is 4. The minimum absolute atomic E-state index is 0.0399. The number of H-pyrrole nitrogens is 1. The second-order valence-electron chi connectivity index (χ2n) is 5.15. The number of rotatable bonds is 7. The maximum Gasteiger partial charge on any atom is 0.146 e. The van der Waals surface area contributed by atoms with Gasteiger partial charge < -0.3 is 16.0 Å². The van der Waals surface area contributed by atoms with E-state index >= 15 is 0 Å². The van der Waals surface area contributed by atoms with Crippen molar-refractivity contribution in [3.05, 3.63) is 65.3 Å². The van der Waals surface area contributed by atoms with E-state index in [0.717, 1.165) is 23.9 Å². The first-order chi connectivity index (χ1) is 11.5. The van der Waals surface area contributed by atoms with Gasteiger partial charge in [-0.15, -0.1) is 0 Å². The average Bonchev–Trinajstić information content (AvgIpc) is 3.04. The second kappa shape index (κ2) is 7.49. The van der Waals surface area contributed by atoms with Crippen LogP contribution in [0.3, 0.4) is 0 Å². The van der Waals surface area contributed by atoms with E-state index in [1.54, 1.807) is 12.1 Å². The molecule has 1 atom stereocenters. The number of nitrogen functional groups attached to an aromatic ring is 1. The summed E-state index contributed by atoms with van der Waals surface area (Å²) < 4.78 is 26.8. The third-order valence-electron chi connectivity index (χ3n) is 3.57. The molecule has 0 saturated heterocycles. The number of nitrogens with zero attached hydrogens (tertiary/aromatic N) is 1. The van der Waals surface area contributed by atoms with E-state index in [1.165, 1.54) is 6.20 Å². The fraction of sp³-hybridized carbons (Fsp3) is 0.188. The van der Waals surface area contributed by atoms with Gasteiger partial charge in [-0.2, -0.15) is 5.11 Å². The molecular formula is C16H18F2N6. The van der Waals surface area contributed by atoms with E-state index in [0.29, 0.717) is 17.8 Å². The summed E-state index contributed by atoms with van der Waals surface area (Å²) in [6.45, 7) is 1.90. The first-order valence-electron chi connectivity index (χ1n) is 7.28. The van der Waals surface area contributed by atoms with Gasteiger partial charge in [0.05, 0.1) is 17.1 Å². The van der Waals surface area contributed by atoms with E-state index in [9.17, 15) is 8.78 Å². The molecule has 1 aromatic carbocycles. The van der Waals surface area contributed by atoms with Crippen LogP contribution < -0.4 is 11.1 Å². The molecule has 24 heavy (non-hydrogen) atoms. The molecule has 0 fully saturated rings. The Morgan fingerprint density at radius 1 is 1.38 bits per heavy atom. The molecule has 0 aliphatic rings. The number of hydrogen-bond donors (Lipinski definition) is 5. The first kappa shape index (κ1) is 17.3. The molecule has 0 aliphatic heterocycles. The van der Waals surface area contributed by atoms with Crippen molar-refractivity contribution < 1.29 is 8.78 Å². The van der Waals surface area contributed by atoms with Crippen LogP contribution in [0.15, 0.2) is 47.3 Å². The quantitative estimate of drug-likeness (QED) is 0.299. The molecule has 8 heteroatoms. The van der Waals surface area contributed by atoms with Crippen molar-refractivity contribution in [2.24, 2.45) is 10.8 Å². The highest BCUT2D eigenvalue weighted by Gasteiger charge is 2.17. The number of halogens is 2. The molecule has 0 radical (unpaired) electrons. The van der Waals surface area contributed by atoms with Gasteiger partial charge in [-0.05, 0) is 30.7 Å². The van der Waals surface area contributed by atoms with Crippen molar-refractivity contribution in [1.82, 2.24) is 4.98 Å². The molecule has 0 bridgehead atoms. The monoisotopic (exact) mass is 332 g/mol. The van der Waals surface area contributed by atoms with Crippen LogP contribution in [0.5, 0.6) is 0 Å². The second-order valence-corrected chi connectivity index (χ2v) is 5.15. The fourth-order valence-corrected chi connectivity index (χ4v) is 2.33. The smallest absolute Gasteiger partial charge is 0.146 e. The Bertz CT molecular complexity index is 781. The van der Waals surface area contributed by atoms with Crippen LogP contribution in [0.4, 0.5) is 14.5 Å². The molecule has 2 rings (SSSR count). The number of aromatic nitrogens is 1. The number of benzene rings is 1. The Morgan fingerprint density at radius 3 is 2.71 bits per heavy atom. The van der Waals surface area contributed by atoms with E-state index in [4.69, 9.17) is 16.7 Å². The Labute approximate surface area is 137 Å². The minimum atomic E-state index is -0.608.